The molecule has 2 rings (SSSR count). The van der Waals surface area contributed by atoms with Gasteiger partial charge in [0.25, 0.3) is 0 Å². The summed E-state index contributed by atoms with van der Waals surface area (Å²) in [5.41, 5.74) is 7.94. The Labute approximate surface area is 103 Å². The van der Waals surface area contributed by atoms with Gasteiger partial charge in [-0.25, -0.2) is 4.68 Å². The van der Waals surface area contributed by atoms with E-state index in [2.05, 4.69) is 40.5 Å². The van der Waals surface area contributed by atoms with Gasteiger partial charge in [0, 0.05) is 32.2 Å². The number of aryl methyl sites for hydroxylation is 1. The summed E-state index contributed by atoms with van der Waals surface area (Å²) in [5, 5.41) is 4.54. The second kappa shape index (κ2) is 4.56. The van der Waals surface area contributed by atoms with Gasteiger partial charge < -0.3 is 15.5 Å². The van der Waals surface area contributed by atoms with Crippen LogP contribution in [0.1, 0.15) is 25.6 Å². The van der Waals surface area contributed by atoms with Crippen LogP contribution in [0.2, 0.25) is 0 Å². The smallest absolute Gasteiger partial charge is 0.151 e. The van der Waals surface area contributed by atoms with Crippen molar-refractivity contribution in [3.63, 3.8) is 0 Å². The van der Waals surface area contributed by atoms with Crippen LogP contribution in [0.25, 0.3) is 0 Å². The third-order valence-electron chi connectivity index (χ3n) is 3.40. The fourth-order valence-corrected chi connectivity index (χ4v) is 2.24. The number of nitrogens with two attached hydrogens (primary N) is 1. The van der Waals surface area contributed by atoms with Crippen LogP contribution >= 0.6 is 0 Å². The SMILES string of the molecule is Cc1nn(C(C)C)c(N2CCN(C)CC2)c1N. The monoisotopic (exact) mass is 237 g/mol. The standard InChI is InChI=1S/C12H23N5/c1-9(2)17-12(11(13)10(3)14-17)16-7-5-15(4)6-8-16/h9H,5-8,13H2,1-4H3. The molecule has 96 valence electrons. The predicted octanol–water partition coefficient (Wildman–Crippen LogP) is 1.11. The van der Waals surface area contributed by atoms with Gasteiger partial charge >= 0.3 is 0 Å². The molecule has 0 amide bonds. The largest absolute Gasteiger partial charge is 0.394 e. The minimum absolute atomic E-state index is 0.348. The van der Waals surface area contributed by atoms with Gasteiger partial charge in [0.05, 0.1) is 11.4 Å². The van der Waals surface area contributed by atoms with E-state index in [1.54, 1.807) is 0 Å². The molecule has 1 aromatic rings. The molecule has 0 aromatic carbocycles. The molecule has 0 spiro atoms. The average Bonchev–Trinajstić information content (AvgIpc) is 2.57. The first-order valence-electron chi connectivity index (χ1n) is 6.28. The number of nitrogen functional groups attached to an aromatic ring is 1. The maximum atomic E-state index is 6.17. The fraction of sp³-hybridized carbons (Fsp3) is 0.750. The second-order valence-corrected chi connectivity index (χ2v) is 5.15. The Kier molecular flexibility index (Phi) is 3.28. The summed E-state index contributed by atoms with van der Waals surface area (Å²) in [5.74, 6) is 1.10. The van der Waals surface area contributed by atoms with Crippen LogP contribution in [0.15, 0.2) is 0 Å². The highest BCUT2D eigenvalue weighted by Crippen LogP contribution is 2.29. The highest BCUT2D eigenvalue weighted by atomic mass is 15.4. The summed E-state index contributed by atoms with van der Waals surface area (Å²) in [7, 11) is 2.16. The van der Waals surface area contributed by atoms with Crippen molar-refractivity contribution in [1.29, 1.82) is 0 Å². The normalized spacial score (nSPS) is 18.1. The van der Waals surface area contributed by atoms with E-state index in [1.807, 2.05) is 6.92 Å². The summed E-state index contributed by atoms with van der Waals surface area (Å²) in [4.78, 5) is 4.70. The lowest BCUT2D eigenvalue weighted by Crippen LogP contribution is -2.45. The van der Waals surface area contributed by atoms with Crippen LogP contribution in [-0.2, 0) is 0 Å². The van der Waals surface area contributed by atoms with Gasteiger partial charge in [0.15, 0.2) is 5.82 Å². The average molecular weight is 237 g/mol. The van der Waals surface area contributed by atoms with Gasteiger partial charge in [0.1, 0.15) is 0 Å². The molecule has 1 aromatic heterocycles. The zero-order chi connectivity index (χ0) is 12.6. The Bertz CT molecular complexity index is 388. The number of likely N-dealkylation sites (N-methyl/N-ethyl adjacent to an activating group) is 1. The van der Waals surface area contributed by atoms with E-state index in [0.717, 1.165) is 43.4 Å². The molecule has 1 saturated heterocycles. The zero-order valence-corrected chi connectivity index (χ0v) is 11.3. The first-order valence-corrected chi connectivity index (χ1v) is 6.28. The molecule has 2 N–H and O–H groups in total. The molecule has 1 aliphatic heterocycles. The van der Waals surface area contributed by atoms with Gasteiger partial charge in [-0.05, 0) is 27.8 Å². The van der Waals surface area contributed by atoms with E-state index in [4.69, 9.17) is 5.73 Å². The van der Waals surface area contributed by atoms with Crippen LogP contribution in [0.3, 0.4) is 0 Å². The number of hydrogen-bond acceptors (Lipinski definition) is 4. The molecular weight excluding hydrogens is 214 g/mol. The third-order valence-corrected chi connectivity index (χ3v) is 3.40. The molecule has 0 radical (unpaired) electrons. The first kappa shape index (κ1) is 12.2. The van der Waals surface area contributed by atoms with Crippen molar-refractivity contribution in [3.05, 3.63) is 5.69 Å². The van der Waals surface area contributed by atoms with Crippen LogP contribution in [0, 0.1) is 6.92 Å². The maximum absolute atomic E-state index is 6.17. The summed E-state index contributed by atoms with van der Waals surface area (Å²) in [6.07, 6.45) is 0. The van der Waals surface area contributed by atoms with Gasteiger partial charge in [-0.15, -0.1) is 0 Å². The van der Waals surface area contributed by atoms with Gasteiger partial charge in [0.2, 0.25) is 0 Å². The highest BCUT2D eigenvalue weighted by Gasteiger charge is 2.23. The number of hydrogen-bond donors (Lipinski definition) is 1. The van der Waals surface area contributed by atoms with Gasteiger partial charge in [-0.2, -0.15) is 5.10 Å². The number of nitrogens with zero attached hydrogens (tertiary/aromatic N) is 4. The zero-order valence-electron chi connectivity index (χ0n) is 11.3. The minimum Gasteiger partial charge on any atom is -0.394 e. The van der Waals surface area contributed by atoms with Gasteiger partial charge in [-0.1, -0.05) is 0 Å². The molecule has 0 saturated carbocycles. The quantitative estimate of drug-likeness (QED) is 0.837. The first-order chi connectivity index (χ1) is 8.00. The Morgan fingerprint density at radius 3 is 2.29 bits per heavy atom. The third kappa shape index (κ3) is 2.24. The van der Waals surface area contributed by atoms with E-state index in [1.165, 1.54) is 0 Å². The summed E-state index contributed by atoms with van der Waals surface area (Å²) >= 11 is 0. The fourth-order valence-electron chi connectivity index (χ4n) is 2.24. The van der Waals surface area contributed by atoms with E-state index in [-0.39, 0.29) is 0 Å². The molecule has 0 aliphatic carbocycles. The molecule has 17 heavy (non-hydrogen) atoms. The number of rotatable bonds is 2. The topological polar surface area (TPSA) is 50.3 Å². The maximum Gasteiger partial charge on any atom is 0.151 e. The molecular formula is C12H23N5. The molecule has 1 fully saturated rings. The molecule has 0 unspecified atom stereocenters. The molecule has 5 heteroatoms. The van der Waals surface area contributed by atoms with E-state index < -0.39 is 0 Å². The number of anilines is 2. The summed E-state index contributed by atoms with van der Waals surface area (Å²) in [6.45, 7) is 10.5. The summed E-state index contributed by atoms with van der Waals surface area (Å²) in [6, 6.07) is 0.348. The van der Waals surface area contributed by atoms with E-state index in [9.17, 15) is 0 Å². The molecule has 2 heterocycles. The Hall–Kier alpha value is -1.23. The summed E-state index contributed by atoms with van der Waals surface area (Å²) < 4.78 is 2.05. The Balaban J connectivity index is 2.30. The van der Waals surface area contributed by atoms with Crippen molar-refractivity contribution in [2.75, 3.05) is 43.9 Å². The van der Waals surface area contributed by atoms with Crippen LogP contribution in [0.5, 0.6) is 0 Å². The minimum atomic E-state index is 0.348. The van der Waals surface area contributed by atoms with Crippen LogP contribution in [-0.4, -0.2) is 47.9 Å². The van der Waals surface area contributed by atoms with Crippen LogP contribution in [0.4, 0.5) is 11.5 Å². The lowest BCUT2D eigenvalue weighted by atomic mass is 10.3. The highest BCUT2D eigenvalue weighted by molar-refractivity contribution is 5.66. The Morgan fingerprint density at radius 2 is 1.76 bits per heavy atom. The van der Waals surface area contributed by atoms with Crippen molar-refractivity contribution in [1.82, 2.24) is 14.7 Å². The van der Waals surface area contributed by atoms with Crippen molar-refractivity contribution in [2.45, 2.75) is 26.8 Å². The van der Waals surface area contributed by atoms with Gasteiger partial charge in [-0.3, -0.25) is 0 Å². The lowest BCUT2D eigenvalue weighted by molar-refractivity contribution is 0.309. The van der Waals surface area contributed by atoms with E-state index >= 15 is 0 Å². The van der Waals surface area contributed by atoms with Crippen molar-refractivity contribution in [2.24, 2.45) is 0 Å². The van der Waals surface area contributed by atoms with Crippen LogP contribution < -0.4 is 10.6 Å². The van der Waals surface area contributed by atoms with Crippen molar-refractivity contribution in [3.8, 4) is 0 Å². The predicted molar refractivity (Wildman–Crippen MR) is 71.5 cm³/mol. The number of piperazine rings is 1. The molecule has 5 nitrogen and oxygen atoms in total. The lowest BCUT2D eigenvalue weighted by Gasteiger charge is -2.34. The second-order valence-electron chi connectivity index (χ2n) is 5.15. The Morgan fingerprint density at radius 1 is 1.18 bits per heavy atom. The van der Waals surface area contributed by atoms with E-state index in [0.29, 0.717) is 6.04 Å². The molecule has 0 bridgehead atoms. The van der Waals surface area contributed by atoms with Crippen molar-refractivity contribution >= 4 is 11.5 Å². The number of aromatic nitrogens is 2. The molecule has 1 aliphatic rings. The van der Waals surface area contributed by atoms with Crippen molar-refractivity contribution < 1.29 is 0 Å². The molecule has 0 atom stereocenters.